The van der Waals surface area contributed by atoms with Crippen LogP contribution in [0.5, 0.6) is 0 Å². The molecule has 0 radical (unpaired) electrons. The molecule has 0 fully saturated rings. The summed E-state index contributed by atoms with van der Waals surface area (Å²) in [6.45, 7) is 5.95. The number of nitrogens with zero attached hydrogens (tertiary/aromatic N) is 2. The van der Waals surface area contributed by atoms with Crippen LogP contribution in [0.3, 0.4) is 0 Å². The molecule has 0 aliphatic carbocycles. The molecule has 0 amide bonds. The molecule has 2 rings (SSSR count). The molecular weight excluding hydrogens is 224 g/mol. The Hall–Kier alpha value is -2.10. The Kier molecular flexibility index (Phi) is 3.46. The van der Waals surface area contributed by atoms with Crippen molar-refractivity contribution in [3.8, 4) is 0 Å². The molecule has 1 heterocycles. The van der Waals surface area contributed by atoms with Crippen LogP contribution >= 0.6 is 0 Å². The van der Waals surface area contributed by atoms with Gasteiger partial charge in [-0.3, -0.25) is 9.98 Å². The molecule has 1 aromatic heterocycles. The second kappa shape index (κ2) is 5.04. The number of nitrogens with one attached hydrogen (secondary N) is 1. The van der Waals surface area contributed by atoms with E-state index >= 15 is 0 Å². The first-order valence-corrected chi connectivity index (χ1v) is 6.03. The minimum atomic E-state index is 0.169. The first-order valence-electron chi connectivity index (χ1n) is 6.03. The Morgan fingerprint density at radius 2 is 2.06 bits per heavy atom. The summed E-state index contributed by atoms with van der Waals surface area (Å²) in [5, 5.41) is 4.19. The Labute approximate surface area is 107 Å². The van der Waals surface area contributed by atoms with Gasteiger partial charge in [0.05, 0.1) is 11.2 Å². The maximum absolute atomic E-state index is 5.85. The molecule has 94 valence electrons. The molecule has 0 bridgehead atoms. The molecule has 0 aliphatic heterocycles. The third-order valence-corrected chi connectivity index (χ3v) is 2.52. The van der Waals surface area contributed by atoms with Crippen molar-refractivity contribution in [3.63, 3.8) is 0 Å². The van der Waals surface area contributed by atoms with Crippen LogP contribution in [0.1, 0.15) is 19.5 Å². The van der Waals surface area contributed by atoms with Crippen LogP contribution in [0.4, 0.5) is 5.69 Å². The first-order chi connectivity index (χ1) is 8.56. The fourth-order valence-corrected chi connectivity index (χ4v) is 1.79. The summed E-state index contributed by atoms with van der Waals surface area (Å²) in [6.07, 6.45) is 0. The summed E-state index contributed by atoms with van der Waals surface area (Å²) in [5.41, 5.74) is 8.63. The van der Waals surface area contributed by atoms with E-state index in [4.69, 9.17) is 5.73 Å². The summed E-state index contributed by atoms with van der Waals surface area (Å²) < 4.78 is 0. The lowest BCUT2D eigenvalue weighted by Gasteiger charge is -2.09. The minimum Gasteiger partial charge on any atom is -0.370 e. The van der Waals surface area contributed by atoms with Crippen molar-refractivity contribution in [2.24, 2.45) is 10.7 Å². The molecule has 2 aromatic rings. The highest BCUT2D eigenvalue weighted by Crippen LogP contribution is 2.21. The van der Waals surface area contributed by atoms with E-state index in [-0.39, 0.29) is 6.04 Å². The number of anilines is 1. The second-order valence-corrected chi connectivity index (χ2v) is 4.56. The number of guanidine groups is 1. The number of fused-ring (bicyclic) bond motifs is 1. The first kappa shape index (κ1) is 12.4. The van der Waals surface area contributed by atoms with Crippen LogP contribution < -0.4 is 11.1 Å². The normalized spacial score (nSPS) is 12.1. The van der Waals surface area contributed by atoms with Crippen molar-refractivity contribution >= 4 is 22.5 Å². The van der Waals surface area contributed by atoms with Crippen molar-refractivity contribution in [1.29, 1.82) is 0 Å². The molecule has 0 aliphatic rings. The van der Waals surface area contributed by atoms with Gasteiger partial charge in [-0.1, -0.05) is 18.2 Å². The molecule has 4 nitrogen and oxygen atoms in total. The summed E-state index contributed by atoms with van der Waals surface area (Å²) in [6, 6.07) is 10.2. The maximum Gasteiger partial charge on any atom is 0.193 e. The van der Waals surface area contributed by atoms with E-state index in [0.29, 0.717) is 5.96 Å². The zero-order valence-corrected chi connectivity index (χ0v) is 10.9. The standard InChI is InChI=1S/C14H18N4/c1-9(2)16-14(15)18-12-6-4-5-11-8-7-10(3)17-13(11)12/h4-9H,1-3H3,(H3,15,16,18). The molecule has 4 heteroatoms. The quantitative estimate of drug-likeness (QED) is 0.628. The lowest BCUT2D eigenvalue weighted by atomic mass is 10.2. The Balaban J connectivity index is 2.42. The van der Waals surface area contributed by atoms with Gasteiger partial charge in [-0.15, -0.1) is 0 Å². The Morgan fingerprint density at radius 1 is 1.28 bits per heavy atom. The van der Waals surface area contributed by atoms with Crippen molar-refractivity contribution in [2.45, 2.75) is 26.8 Å². The molecule has 3 N–H and O–H groups in total. The highest BCUT2D eigenvalue weighted by Gasteiger charge is 2.04. The lowest BCUT2D eigenvalue weighted by molar-refractivity contribution is 0.833. The Morgan fingerprint density at radius 3 is 2.78 bits per heavy atom. The Bertz CT molecular complexity index is 587. The summed E-state index contributed by atoms with van der Waals surface area (Å²) in [7, 11) is 0. The fourth-order valence-electron chi connectivity index (χ4n) is 1.79. The molecule has 0 unspecified atom stereocenters. The van der Waals surface area contributed by atoms with Gasteiger partial charge in [-0.2, -0.15) is 0 Å². The number of hydrogen-bond donors (Lipinski definition) is 2. The van der Waals surface area contributed by atoms with Gasteiger partial charge in [-0.25, -0.2) is 0 Å². The smallest absolute Gasteiger partial charge is 0.193 e. The van der Waals surface area contributed by atoms with Gasteiger partial charge < -0.3 is 11.1 Å². The molecule has 0 saturated carbocycles. The number of para-hydroxylation sites is 1. The van der Waals surface area contributed by atoms with E-state index in [0.717, 1.165) is 22.3 Å². The van der Waals surface area contributed by atoms with Crippen LogP contribution in [0, 0.1) is 6.92 Å². The van der Waals surface area contributed by atoms with Gasteiger partial charge >= 0.3 is 0 Å². The van der Waals surface area contributed by atoms with Crippen molar-refractivity contribution in [3.05, 3.63) is 36.0 Å². The van der Waals surface area contributed by atoms with Crippen molar-refractivity contribution in [2.75, 3.05) is 5.32 Å². The van der Waals surface area contributed by atoms with Gasteiger partial charge in [0, 0.05) is 17.1 Å². The number of aliphatic imine (C=N–C) groups is 1. The van der Waals surface area contributed by atoms with Gasteiger partial charge in [0.15, 0.2) is 5.96 Å². The fraction of sp³-hybridized carbons (Fsp3) is 0.286. The van der Waals surface area contributed by atoms with Gasteiger partial charge in [-0.05, 0) is 32.9 Å². The topological polar surface area (TPSA) is 63.3 Å². The predicted octanol–water partition coefficient (Wildman–Crippen LogP) is 2.68. The van der Waals surface area contributed by atoms with Crippen LogP contribution in [0.25, 0.3) is 10.9 Å². The summed E-state index contributed by atoms with van der Waals surface area (Å²) in [5.74, 6) is 0.417. The number of aryl methyl sites for hydroxylation is 1. The molecule has 0 atom stereocenters. The molecule has 0 saturated heterocycles. The number of hydrogen-bond acceptors (Lipinski definition) is 2. The molecular formula is C14H18N4. The maximum atomic E-state index is 5.85. The number of pyridine rings is 1. The molecule has 18 heavy (non-hydrogen) atoms. The number of aromatic nitrogens is 1. The molecule has 1 aromatic carbocycles. The van der Waals surface area contributed by atoms with Crippen LogP contribution in [0.2, 0.25) is 0 Å². The van der Waals surface area contributed by atoms with E-state index in [1.54, 1.807) is 0 Å². The lowest BCUT2D eigenvalue weighted by Crippen LogP contribution is -2.24. The van der Waals surface area contributed by atoms with E-state index in [9.17, 15) is 0 Å². The summed E-state index contributed by atoms with van der Waals surface area (Å²) >= 11 is 0. The van der Waals surface area contributed by atoms with Crippen LogP contribution in [-0.4, -0.2) is 17.0 Å². The van der Waals surface area contributed by atoms with E-state index in [1.807, 2.05) is 45.0 Å². The zero-order valence-electron chi connectivity index (χ0n) is 10.9. The largest absolute Gasteiger partial charge is 0.370 e. The van der Waals surface area contributed by atoms with E-state index in [1.165, 1.54) is 0 Å². The minimum absolute atomic E-state index is 0.169. The SMILES string of the molecule is Cc1ccc2cccc(NC(N)=NC(C)C)c2n1. The number of rotatable bonds is 2. The second-order valence-electron chi connectivity index (χ2n) is 4.56. The van der Waals surface area contributed by atoms with Crippen molar-refractivity contribution in [1.82, 2.24) is 4.98 Å². The highest BCUT2D eigenvalue weighted by atomic mass is 15.1. The average Bonchev–Trinajstić information content (AvgIpc) is 2.28. The third-order valence-electron chi connectivity index (χ3n) is 2.52. The molecule has 0 spiro atoms. The van der Waals surface area contributed by atoms with Gasteiger partial charge in [0.2, 0.25) is 0 Å². The monoisotopic (exact) mass is 242 g/mol. The van der Waals surface area contributed by atoms with Gasteiger partial charge in [0.25, 0.3) is 0 Å². The highest BCUT2D eigenvalue weighted by molar-refractivity contribution is 6.01. The van der Waals surface area contributed by atoms with Gasteiger partial charge in [0.1, 0.15) is 0 Å². The zero-order chi connectivity index (χ0) is 13.1. The van der Waals surface area contributed by atoms with E-state index in [2.05, 4.69) is 21.4 Å². The van der Waals surface area contributed by atoms with Crippen LogP contribution in [0.15, 0.2) is 35.3 Å². The summed E-state index contributed by atoms with van der Waals surface area (Å²) in [4.78, 5) is 8.79. The third kappa shape index (κ3) is 2.77. The van der Waals surface area contributed by atoms with E-state index < -0.39 is 0 Å². The van der Waals surface area contributed by atoms with Crippen LogP contribution in [-0.2, 0) is 0 Å². The average molecular weight is 242 g/mol. The number of nitrogens with two attached hydrogens (primary N) is 1. The predicted molar refractivity (Wildman–Crippen MR) is 76.9 cm³/mol. The number of benzene rings is 1. The van der Waals surface area contributed by atoms with Crippen molar-refractivity contribution < 1.29 is 0 Å².